The summed E-state index contributed by atoms with van der Waals surface area (Å²) < 4.78 is 0. The minimum absolute atomic E-state index is 0.0494. The van der Waals surface area contributed by atoms with Crippen LogP contribution in [0.3, 0.4) is 0 Å². The molecule has 7 heteroatoms. The van der Waals surface area contributed by atoms with Gasteiger partial charge in [0.15, 0.2) is 5.13 Å². The molecule has 1 rings (SSSR count). The Bertz CT molecular complexity index is 416. The van der Waals surface area contributed by atoms with Crippen molar-refractivity contribution >= 4 is 28.2 Å². The molecule has 0 unspecified atom stereocenters. The SMILES string of the molecule is CCCN(CCO)C(=O)c1sc(N(C)CC)nc1N. The lowest BCUT2D eigenvalue weighted by molar-refractivity contribution is 0.0727. The number of nitrogens with two attached hydrogens (primary N) is 1. The normalized spacial score (nSPS) is 10.5. The van der Waals surface area contributed by atoms with E-state index in [1.165, 1.54) is 11.3 Å². The van der Waals surface area contributed by atoms with Crippen molar-refractivity contribution in [1.82, 2.24) is 9.88 Å². The molecule has 0 aromatic carbocycles. The Labute approximate surface area is 117 Å². The number of amides is 1. The smallest absolute Gasteiger partial charge is 0.267 e. The van der Waals surface area contributed by atoms with Crippen molar-refractivity contribution in [3.8, 4) is 0 Å². The van der Waals surface area contributed by atoms with Crippen molar-refractivity contribution in [2.45, 2.75) is 20.3 Å². The number of hydrogen-bond acceptors (Lipinski definition) is 6. The third-order valence-electron chi connectivity index (χ3n) is 2.79. The molecule has 0 aliphatic rings. The van der Waals surface area contributed by atoms with E-state index in [1.54, 1.807) is 4.90 Å². The van der Waals surface area contributed by atoms with E-state index in [2.05, 4.69) is 4.98 Å². The summed E-state index contributed by atoms with van der Waals surface area (Å²) in [7, 11) is 1.91. The Hall–Kier alpha value is -1.34. The van der Waals surface area contributed by atoms with Crippen LogP contribution in [-0.2, 0) is 0 Å². The molecule has 0 aliphatic carbocycles. The molecule has 0 aliphatic heterocycles. The second-order valence-electron chi connectivity index (χ2n) is 4.24. The maximum atomic E-state index is 12.4. The van der Waals surface area contributed by atoms with Crippen molar-refractivity contribution in [2.24, 2.45) is 0 Å². The van der Waals surface area contributed by atoms with Crippen LogP contribution in [0.5, 0.6) is 0 Å². The van der Waals surface area contributed by atoms with Crippen molar-refractivity contribution in [1.29, 1.82) is 0 Å². The number of hydrogen-bond donors (Lipinski definition) is 2. The Morgan fingerprint density at radius 3 is 2.63 bits per heavy atom. The van der Waals surface area contributed by atoms with Gasteiger partial charge in [-0.2, -0.15) is 0 Å². The number of aliphatic hydroxyl groups excluding tert-OH is 1. The number of nitrogen functional groups attached to an aromatic ring is 1. The topological polar surface area (TPSA) is 82.7 Å². The number of rotatable bonds is 7. The molecule has 0 spiro atoms. The van der Waals surface area contributed by atoms with E-state index < -0.39 is 0 Å². The number of aromatic nitrogens is 1. The molecular formula is C12H22N4O2S. The van der Waals surface area contributed by atoms with Gasteiger partial charge in [-0.05, 0) is 13.3 Å². The zero-order valence-corrected chi connectivity index (χ0v) is 12.5. The third-order valence-corrected chi connectivity index (χ3v) is 3.96. The van der Waals surface area contributed by atoms with E-state index in [0.717, 1.165) is 18.1 Å². The second kappa shape index (κ2) is 7.30. The van der Waals surface area contributed by atoms with Gasteiger partial charge in [0.25, 0.3) is 5.91 Å². The number of thiazole rings is 1. The maximum absolute atomic E-state index is 12.4. The summed E-state index contributed by atoms with van der Waals surface area (Å²) in [5.74, 6) is 0.117. The van der Waals surface area contributed by atoms with Crippen LogP contribution in [0.25, 0.3) is 0 Å². The number of nitrogens with zero attached hydrogens (tertiary/aromatic N) is 3. The second-order valence-corrected chi connectivity index (χ2v) is 5.22. The first-order chi connectivity index (χ1) is 9.04. The molecule has 0 radical (unpaired) electrons. The molecule has 0 atom stereocenters. The van der Waals surface area contributed by atoms with Crippen LogP contribution in [0.4, 0.5) is 10.9 Å². The number of aliphatic hydroxyl groups is 1. The third kappa shape index (κ3) is 3.81. The predicted molar refractivity (Wildman–Crippen MR) is 78.8 cm³/mol. The van der Waals surface area contributed by atoms with Gasteiger partial charge in [-0.3, -0.25) is 4.79 Å². The molecule has 0 fully saturated rings. The summed E-state index contributed by atoms with van der Waals surface area (Å²) in [5.41, 5.74) is 5.83. The van der Waals surface area contributed by atoms with Gasteiger partial charge < -0.3 is 20.6 Å². The average molecular weight is 286 g/mol. The molecule has 19 heavy (non-hydrogen) atoms. The lowest BCUT2D eigenvalue weighted by Crippen LogP contribution is -2.34. The highest BCUT2D eigenvalue weighted by atomic mass is 32.1. The van der Waals surface area contributed by atoms with Gasteiger partial charge in [-0.15, -0.1) is 0 Å². The fourth-order valence-electron chi connectivity index (χ4n) is 1.62. The fraction of sp³-hybridized carbons (Fsp3) is 0.667. The minimum Gasteiger partial charge on any atom is -0.395 e. The van der Waals surface area contributed by atoms with Crippen LogP contribution in [-0.4, -0.2) is 54.2 Å². The standard InChI is InChI=1S/C12H22N4O2S/c1-4-6-16(7-8-17)11(18)9-10(13)14-12(19-9)15(3)5-2/h17H,4-8,13H2,1-3H3. The maximum Gasteiger partial charge on any atom is 0.267 e. The van der Waals surface area contributed by atoms with Crippen LogP contribution < -0.4 is 10.6 Å². The van der Waals surface area contributed by atoms with Gasteiger partial charge in [0.05, 0.1) is 6.61 Å². The molecule has 1 heterocycles. The summed E-state index contributed by atoms with van der Waals surface area (Å²) in [5, 5.41) is 9.75. The molecule has 1 aromatic heterocycles. The van der Waals surface area contributed by atoms with Gasteiger partial charge in [-0.25, -0.2) is 4.98 Å². The van der Waals surface area contributed by atoms with Crippen LogP contribution in [0.2, 0.25) is 0 Å². The summed E-state index contributed by atoms with van der Waals surface area (Å²) >= 11 is 1.30. The van der Waals surface area contributed by atoms with Crippen LogP contribution in [0, 0.1) is 0 Å². The Kier molecular flexibility index (Phi) is 6.04. The van der Waals surface area contributed by atoms with Gasteiger partial charge >= 0.3 is 0 Å². The minimum atomic E-state index is -0.151. The van der Waals surface area contributed by atoms with Crippen LogP contribution >= 0.6 is 11.3 Å². The molecule has 6 nitrogen and oxygen atoms in total. The average Bonchev–Trinajstić information content (AvgIpc) is 2.79. The van der Waals surface area contributed by atoms with E-state index in [0.29, 0.717) is 18.0 Å². The monoisotopic (exact) mass is 286 g/mol. The zero-order chi connectivity index (χ0) is 14.4. The Morgan fingerprint density at radius 2 is 2.11 bits per heavy atom. The highest BCUT2D eigenvalue weighted by Crippen LogP contribution is 2.28. The first kappa shape index (κ1) is 15.7. The molecule has 1 aromatic rings. The molecule has 3 N–H and O–H groups in total. The fourth-order valence-corrected chi connectivity index (χ4v) is 2.60. The Morgan fingerprint density at radius 1 is 1.42 bits per heavy atom. The predicted octanol–water partition coefficient (Wildman–Crippen LogP) is 1.03. The molecule has 0 saturated carbocycles. The largest absolute Gasteiger partial charge is 0.395 e. The number of carbonyl (C=O) groups is 1. The Balaban J connectivity index is 2.94. The first-order valence-electron chi connectivity index (χ1n) is 6.42. The van der Waals surface area contributed by atoms with Crippen molar-refractivity contribution in [3.05, 3.63) is 4.88 Å². The van der Waals surface area contributed by atoms with Gasteiger partial charge in [0.2, 0.25) is 0 Å². The molecule has 1 amide bonds. The van der Waals surface area contributed by atoms with Gasteiger partial charge in [-0.1, -0.05) is 18.3 Å². The van der Waals surface area contributed by atoms with E-state index in [4.69, 9.17) is 10.8 Å². The van der Waals surface area contributed by atoms with Crippen molar-refractivity contribution in [2.75, 3.05) is 43.9 Å². The number of carbonyl (C=O) groups excluding carboxylic acids is 1. The zero-order valence-electron chi connectivity index (χ0n) is 11.7. The van der Waals surface area contributed by atoms with Gasteiger partial charge in [0, 0.05) is 26.7 Å². The lowest BCUT2D eigenvalue weighted by Gasteiger charge is -2.20. The first-order valence-corrected chi connectivity index (χ1v) is 7.24. The summed E-state index contributed by atoms with van der Waals surface area (Å²) in [4.78, 5) is 20.6. The molecule has 0 bridgehead atoms. The molecule has 108 valence electrons. The van der Waals surface area contributed by atoms with Crippen LogP contribution in [0.15, 0.2) is 0 Å². The van der Waals surface area contributed by atoms with E-state index in [9.17, 15) is 4.79 Å². The quantitative estimate of drug-likeness (QED) is 0.782. The summed E-state index contributed by atoms with van der Waals surface area (Å²) in [6, 6.07) is 0. The number of anilines is 2. The van der Waals surface area contributed by atoms with Gasteiger partial charge in [0.1, 0.15) is 10.7 Å². The summed E-state index contributed by atoms with van der Waals surface area (Å²) in [6.07, 6.45) is 0.839. The molecule has 0 saturated heterocycles. The van der Waals surface area contributed by atoms with Crippen LogP contribution in [0.1, 0.15) is 29.9 Å². The summed E-state index contributed by atoms with van der Waals surface area (Å²) in [6.45, 7) is 5.68. The highest BCUT2D eigenvalue weighted by molar-refractivity contribution is 7.18. The highest BCUT2D eigenvalue weighted by Gasteiger charge is 2.22. The lowest BCUT2D eigenvalue weighted by atomic mass is 10.3. The van der Waals surface area contributed by atoms with Crippen molar-refractivity contribution in [3.63, 3.8) is 0 Å². The van der Waals surface area contributed by atoms with E-state index in [-0.39, 0.29) is 18.3 Å². The van der Waals surface area contributed by atoms with E-state index >= 15 is 0 Å². The van der Waals surface area contributed by atoms with E-state index in [1.807, 2.05) is 25.8 Å². The van der Waals surface area contributed by atoms with Crippen molar-refractivity contribution < 1.29 is 9.90 Å². The molecular weight excluding hydrogens is 264 g/mol.